The van der Waals surface area contributed by atoms with Crippen LogP contribution in [0, 0.1) is 5.41 Å². The zero-order valence-electron chi connectivity index (χ0n) is 9.70. The standard InChI is InChI=1S/C12H16BrN3O/c1-12(17)4-5-16(7-12)10-3-2-8(11(14)15)6-9(10)13/h2-3,6,17H,4-5,7H2,1H3,(H3,14,15). The van der Waals surface area contributed by atoms with Crippen molar-refractivity contribution in [1.82, 2.24) is 0 Å². The molecule has 0 spiro atoms. The fraction of sp³-hybridized carbons (Fsp3) is 0.417. The average molecular weight is 298 g/mol. The number of anilines is 1. The van der Waals surface area contributed by atoms with E-state index in [1.807, 2.05) is 25.1 Å². The van der Waals surface area contributed by atoms with Crippen molar-refractivity contribution in [3.05, 3.63) is 28.2 Å². The number of hydrogen-bond donors (Lipinski definition) is 3. The molecule has 0 saturated carbocycles. The van der Waals surface area contributed by atoms with Crippen LogP contribution in [0.15, 0.2) is 22.7 Å². The van der Waals surface area contributed by atoms with E-state index in [0.717, 1.165) is 23.1 Å². The smallest absolute Gasteiger partial charge is 0.122 e. The van der Waals surface area contributed by atoms with Crippen molar-refractivity contribution < 1.29 is 5.11 Å². The molecule has 0 bridgehead atoms. The number of nitrogens with zero attached hydrogens (tertiary/aromatic N) is 1. The molecule has 1 aliphatic rings. The Morgan fingerprint density at radius 3 is 2.76 bits per heavy atom. The minimum atomic E-state index is -0.612. The number of amidine groups is 1. The molecule has 1 aromatic rings. The van der Waals surface area contributed by atoms with E-state index >= 15 is 0 Å². The molecule has 2 rings (SSSR count). The maximum atomic E-state index is 9.95. The van der Waals surface area contributed by atoms with E-state index in [1.54, 1.807) is 0 Å². The molecule has 1 atom stereocenters. The molecule has 5 heteroatoms. The largest absolute Gasteiger partial charge is 0.388 e. The van der Waals surface area contributed by atoms with Gasteiger partial charge in [0.2, 0.25) is 0 Å². The quantitative estimate of drug-likeness (QED) is 0.574. The highest BCUT2D eigenvalue weighted by molar-refractivity contribution is 9.10. The molecule has 0 radical (unpaired) electrons. The van der Waals surface area contributed by atoms with Gasteiger partial charge in [0.05, 0.1) is 11.3 Å². The normalized spacial score (nSPS) is 24.1. The highest BCUT2D eigenvalue weighted by atomic mass is 79.9. The summed E-state index contributed by atoms with van der Waals surface area (Å²) >= 11 is 3.49. The molecule has 0 amide bonds. The maximum Gasteiger partial charge on any atom is 0.122 e. The van der Waals surface area contributed by atoms with Gasteiger partial charge in [-0.05, 0) is 47.5 Å². The minimum absolute atomic E-state index is 0.0608. The molecule has 0 aliphatic carbocycles. The van der Waals surface area contributed by atoms with Crippen LogP contribution in [0.1, 0.15) is 18.9 Å². The third-order valence-corrected chi connectivity index (χ3v) is 3.69. The second-order valence-electron chi connectivity index (χ2n) is 4.75. The second kappa shape index (κ2) is 4.31. The third kappa shape index (κ3) is 2.61. The molecule has 1 fully saturated rings. The number of halogens is 1. The van der Waals surface area contributed by atoms with Crippen molar-refractivity contribution in [3.63, 3.8) is 0 Å². The highest BCUT2D eigenvalue weighted by Crippen LogP contribution is 2.32. The Hall–Kier alpha value is -1.07. The molecule has 17 heavy (non-hydrogen) atoms. The first kappa shape index (κ1) is 12.4. The van der Waals surface area contributed by atoms with Gasteiger partial charge in [0.1, 0.15) is 5.84 Å². The summed E-state index contributed by atoms with van der Waals surface area (Å²) < 4.78 is 0.905. The van der Waals surface area contributed by atoms with Crippen LogP contribution in [0.2, 0.25) is 0 Å². The van der Waals surface area contributed by atoms with E-state index in [-0.39, 0.29) is 5.84 Å². The molecule has 1 heterocycles. The van der Waals surface area contributed by atoms with E-state index in [2.05, 4.69) is 20.8 Å². The van der Waals surface area contributed by atoms with Gasteiger partial charge in [0.15, 0.2) is 0 Å². The fourth-order valence-electron chi connectivity index (χ4n) is 2.08. The number of nitrogen functional groups attached to an aromatic ring is 1. The lowest BCUT2D eigenvalue weighted by Crippen LogP contribution is -2.29. The van der Waals surface area contributed by atoms with Gasteiger partial charge in [-0.25, -0.2) is 0 Å². The van der Waals surface area contributed by atoms with Crippen molar-refractivity contribution in [2.45, 2.75) is 18.9 Å². The number of aliphatic hydroxyl groups is 1. The van der Waals surface area contributed by atoms with Crippen LogP contribution in [-0.4, -0.2) is 29.6 Å². The Labute approximate surface area is 109 Å². The van der Waals surface area contributed by atoms with Gasteiger partial charge in [-0.2, -0.15) is 0 Å². The van der Waals surface area contributed by atoms with Gasteiger partial charge in [-0.3, -0.25) is 5.41 Å². The van der Waals surface area contributed by atoms with Gasteiger partial charge in [0, 0.05) is 23.1 Å². The number of benzene rings is 1. The van der Waals surface area contributed by atoms with Crippen molar-refractivity contribution in [3.8, 4) is 0 Å². The summed E-state index contributed by atoms with van der Waals surface area (Å²) in [6.45, 7) is 3.32. The molecule has 92 valence electrons. The zero-order chi connectivity index (χ0) is 12.6. The number of β-amino-alcohol motifs (C(OH)–C–C–N with tert-alkyl or cyclic N) is 1. The lowest BCUT2D eigenvalue weighted by atomic mass is 10.1. The zero-order valence-corrected chi connectivity index (χ0v) is 11.3. The van der Waals surface area contributed by atoms with Crippen LogP contribution in [-0.2, 0) is 0 Å². The summed E-state index contributed by atoms with van der Waals surface area (Å²) in [6, 6.07) is 5.60. The fourth-order valence-corrected chi connectivity index (χ4v) is 2.71. The Kier molecular flexibility index (Phi) is 3.14. The Morgan fingerprint density at radius 1 is 1.59 bits per heavy atom. The first-order valence-corrected chi connectivity index (χ1v) is 6.30. The molecule has 1 unspecified atom stereocenters. The third-order valence-electron chi connectivity index (χ3n) is 3.05. The SMILES string of the molecule is CC1(O)CCN(c2ccc(C(=N)N)cc2Br)C1. The molecular formula is C12H16BrN3O. The van der Waals surface area contributed by atoms with Crippen LogP contribution in [0.5, 0.6) is 0 Å². The summed E-state index contributed by atoms with van der Waals surface area (Å²) in [7, 11) is 0. The number of hydrogen-bond acceptors (Lipinski definition) is 3. The Morgan fingerprint density at radius 2 is 2.29 bits per heavy atom. The van der Waals surface area contributed by atoms with E-state index in [0.29, 0.717) is 12.1 Å². The van der Waals surface area contributed by atoms with Crippen molar-refractivity contribution in [1.29, 1.82) is 5.41 Å². The maximum absolute atomic E-state index is 9.95. The summed E-state index contributed by atoms with van der Waals surface area (Å²) in [5.41, 5.74) is 6.56. The van der Waals surface area contributed by atoms with E-state index in [1.165, 1.54) is 0 Å². The summed E-state index contributed by atoms with van der Waals surface area (Å²) in [4.78, 5) is 2.13. The van der Waals surface area contributed by atoms with E-state index in [4.69, 9.17) is 11.1 Å². The summed E-state index contributed by atoms with van der Waals surface area (Å²) in [5, 5.41) is 17.3. The second-order valence-corrected chi connectivity index (χ2v) is 5.60. The lowest BCUT2D eigenvalue weighted by molar-refractivity contribution is 0.0839. The molecule has 1 aromatic carbocycles. The number of nitrogens with one attached hydrogen (secondary N) is 1. The van der Waals surface area contributed by atoms with Gasteiger partial charge >= 0.3 is 0 Å². The van der Waals surface area contributed by atoms with Gasteiger partial charge in [-0.1, -0.05) is 0 Å². The monoisotopic (exact) mass is 297 g/mol. The Bertz CT molecular complexity index is 459. The number of rotatable bonds is 2. The van der Waals surface area contributed by atoms with Crippen LogP contribution >= 0.6 is 15.9 Å². The van der Waals surface area contributed by atoms with E-state index in [9.17, 15) is 5.11 Å². The minimum Gasteiger partial charge on any atom is -0.388 e. The van der Waals surface area contributed by atoms with Gasteiger partial charge in [-0.15, -0.1) is 0 Å². The van der Waals surface area contributed by atoms with Gasteiger partial charge < -0.3 is 15.7 Å². The molecule has 1 saturated heterocycles. The van der Waals surface area contributed by atoms with Crippen molar-refractivity contribution in [2.24, 2.45) is 5.73 Å². The molecule has 1 aliphatic heterocycles. The summed E-state index contributed by atoms with van der Waals surface area (Å²) in [5.74, 6) is 0.0608. The lowest BCUT2D eigenvalue weighted by Gasteiger charge is -2.22. The predicted octanol–water partition coefficient (Wildman–Crippen LogP) is 1.69. The first-order chi connectivity index (χ1) is 7.89. The van der Waals surface area contributed by atoms with Crippen molar-refractivity contribution in [2.75, 3.05) is 18.0 Å². The highest BCUT2D eigenvalue weighted by Gasteiger charge is 2.32. The van der Waals surface area contributed by atoms with Crippen LogP contribution < -0.4 is 10.6 Å². The van der Waals surface area contributed by atoms with Gasteiger partial charge in [0.25, 0.3) is 0 Å². The van der Waals surface area contributed by atoms with E-state index < -0.39 is 5.60 Å². The van der Waals surface area contributed by atoms with Crippen molar-refractivity contribution >= 4 is 27.5 Å². The molecule has 4 N–H and O–H groups in total. The molecule has 0 aromatic heterocycles. The summed E-state index contributed by atoms with van der Waals surface area (Å²) in [6.07, 6.45) is 0.772. The first-order valence-electron chi connectivity index (χ1n) is 5.50. The van der Waals surface area contributed by atoms with Crippen LogP contribution in [0.25, 0.3) is 0 Å². The predicted molar refractivity (Wildman–Crippen MR) is 72.6 cm³/mol. The average Bonchev–Trinajstić information content (AvgIpc) is 2.58. The van der Waals surface area contributed by atoms with Crippen LogP contribution in [0.4, 0.5) is 5.69 Å². The molecule has 4 nitrogen and oxygen atoms in total. The Balaban J connectivity index is 2.26. The molecular weight excluding hydrogens is 282 g/mol. The topological polar surface area (TPSA) is 73.3 Å². The number of nitrogens with two attached hydrogens (primary N) is 1. The van der Waals surface area contributed by atoms with Crippen LogP contribution in [0.3, 0.4) is 0 Å².